The van der Waals surface area contributed by atoms with Crippen molar-refractivity contribution in [3.63, 3.8) is 0 Å². The van der Waals surface area contributed by atoms with Gasteiger partial charge in [-0.3, -0.25) is 0 Å². The summed E-state index contributed by atoms with van der Waals surface area (Å²) in [6.07, 6.45) is -0.305. The van der Waals surface area contributed by atoms with E-state index < -0.39 is 6.09 Å². The Hall–Kier alpha value is -1.75. The van der Waals surface area contributed by atoms with Gasteiger partial charge in [0.1, 0.15) is 12.4 Å². The lowest BCUT2D eigenvalue weighted by atomic mass is 10.1. The van der Waals surface area contributed by atoms with Crippen molar-refractivity contribution >= 4 is 6.09 Å². The first-order valence-corrected chi connectivity index (χ1v) is 5.55. The smallest absolute Gasteiger partial charge is 0.404 e. The van der Waals surface area contributed by atoms with E-state index >= 15 is 0 Å². The van der Waals surface area contributed by atoms with Crippen LogP contribution < -0.4 is 15.4 Å². The molecule has 0 atom stereocenters. The van der Waals surface area contributed by atoms with Crippen LogP contribution >= 0.6 is 0 Å². The van der Waals surface area contributed by atoms with E-state index in [1.807, 2.05) is 31.3 Å². The summed E-state index contributed by atoms with van der Waals surface area (Å²) >= 11 is 0. The molecular weight excluding hydrogens is 220 g/mol. The molecule has 0 aliphatic rings. The molecule has 0 fully saturated rings. The Bertz CT molecular complexity index is 338. The molecule has 0 bridgehead atoms. The second kappa shape index (κ2) is 7.51. The average molecular weight is 238 g/mol. The summed E-state index contributed by atoms with van der Waals surface area (Å²) in [5.41, 5.74) is 1.08. The number of ether oxygens (including phenoxy) is 1. The van der Waals surface area contributed by atoms with Crippen LogP contribution in [-0.2, 0) is 6.42 Å². The van der Waals surface area contributed by atoms with Gasteiger partial charge in [0.05, 0.1) is 0 Å². The molecule has 1 amide bonds. The maximum atomic E-state index is 10.3. The lowest BCUT2D eigenvalue weighted by Gasteiger charge is -2.07. The molecule has 1 rings (SSSR count). The summed E-state index contributed by atoms with van der Waals surface area (Å²) in [5, 5.41) is 13.7. The molecule has 0 saturated heterocycles. The van der Waals surface area contributed by atoms with E-state index in [-0.39, 0.29) is 0 Å². The quantitative estimate of drug-likeness (QED) is 0.622. The zero-order chi connectivity index (χ0) is 12.5. The Morgan fingerprint density at radius 3 is 2.59 bits per heavy atom. The molecule has 0 saturated carbocycles. The Balaban J connectivity index is 2.31. The van der Waals surface area contributed by atoms with Crippen LogP contribution in [0.4, 0.5) is 4.79 Å². The molecule has 3 N–H and O–H groups in total. The molecule has 0 unspecified atom stereocenters. The van der Waals surface area contributed by atoms with Crippen molar-refractivity contribution in [2.45, 2.75) is 6.42 Å². The number of carboxylic acid groups (broad SMARTS) is 1. The van der Waals surface area contributed by atoms with Gasteiger partial charge in [0, 0.05) is 13.1 Å². The molecular formula is C12H18N2O3. The lowest BCUT2D eigenvalue weighted by molar-refractivity contribution is 0.194. The third-order valence-electron chi connectivity index (χ3n) is 2.23. The van der Waals surface area contributed by atoms with Crippen molar-refractivity contribution in [3.8, 4) is 5.75 Å². The maximum absolute atomic E-state index is 10.3. The fourth-order valence-corrected chi connectivity index (χ4v) is 1.34. The summed E-state index contributed by atoms with van der Waals surface area (Å²) in [7, 11) is 1.88. The number of carbonyl (C=O) groups is 1. The van der Waals surface area contributed by atoms with Crippen LogP contribution in [0.5, 0.6) is 5.75 Å². The Labute approximate surface area is 101 Å². The fourth-order valence-electron chi connectivity index (χ4n) is 1.34. The van der Waals surface area contributed by atoms with E-state index in [0.29, 0.717) is 19.6 Å². The van der Waals surface area contributed by atoms with Gasteiger partial charge in [-0.15, -0.1) is 0 Å². The van der Waals surface area contributed by atoms with Crippen molar-refractivity contribution in [3.05, 3.63) is 29.8 Å². The standard InChI is InChI=1S/C12H18N2O3/c1-13-8-9-17-11-4-2-10(3-5-11)6-7-14-12(15)16/h2-5,13-14H,6-9H2,1H3,(H,15,16). The molecule has 94 valence electrons. The van der Waals surface area contributed by atoms with Crippen molar-refractivity contribution in [1.82, 2.24) is 10.6 Å². The van der Waals surface area contributed by atoms with Crippen LogP contribution in [0.25, 0.3) is 0 Å². The van der Waals surface area contributed by atoms with E-state index in [4.69, 9.17) is 9.84 Å². The normalized spacial score (nSPS) is 9.94. The van der Waals surface area contributed by atoms with E-state index in [9.17, 15) is 4.79 Å². The van der Waals surface area contributed by atoms with Crippen molar-refractivity contribution in [1.29, 1.82) is 0 Å². The van der Waals surface area contributed by atoms with Crippen LogP contribution in [0, 0.1) is 0 Å². The molecule has 5 heteroatoms. The SMILES string of the molecule is CNCCOc1ccc(CCNC(=O)O)cc1. The Morgan fingerprint density at radius 1 is 1.29 bits per heavy atom. The summed E-state index contributed by atoms with van der Waals surface area (Å²) in [6, 6.07) is 7.67. The summed E-state index contributed by atoms with van der Waals surface area (Å²) in [5.74, 6) is 0.829. The highest BCUT2D eigenvalue weighted by atomic mass is 16.5. The Kier molecular flexibility index (Phi) is 5.88. The number of hydrogen-bond acceptors (Lipinski definition) is 3. The zero-order valence-corrected chi connectivity index (χ0v) is 9.90. The van der Waals surface area contributed by atoms with Crippen LogP contribution in [-0.4, -0.2) is 37.9 Å². The van der Waals surface area contributed by atoms with Crippen molar-refractivity contribution in [2.75, 3.05) is 26.7 Å². The van der Waals surface area contributed by atoms with Gasteiger partial charge in [0.15, 0.2) is 0 Å². The molecule has 0 aromatic heterocycles. The summed E-state index contributed by atoms with van der Waals surface area (Å²) in [6.45, 7) is 1.87. The Morgan fingerprint density at radius 2 is 2.00 bits per heavy atom. The van der Waals surface area contributed by atoms with Crippen LogP contribution in [0.1, 0.15) is 5.56 Å². The van der Waals surface area contributed by atoms with Gasteiger partial charge in [-0.05, 0) is 31.2 Å². The summed E-state index contributed by atoms with van der Waals surface area (Å²) in [4.78, 5) is 10.3. The number of nitrogens with one attached hydrogen (secondary N) is 2. The number of likely N-dealkylation sites (N-methyl/N-ethyl adjacent to an activating group) is 1. The average Bonchev–Trinajstić information content (AvgIpc) is 2.31. The van der Waals surface area contributed by atoms with Crippen LogP contribution in [0.2, 0.25) is 0 Å². The number of rotatable bonds is 7. The predicted octanol–water partition coefficient (Wildman–Crippen LogP) is 1.09. The van der Waals surface area contributed by atoms with Gasteiger partial charge in [0.25, 0.3) is 0 Å². The van der Waals surface area contributed by atoms with Crippen LogP contribution in [0.15, 0.2) is 24.3 Å². The molecule has 1 aromatic carbocycles. The fraction of sp³-hybridized carbons (Fsp3) is 0.417. The highest BCUT2D eigenvalue weighted by molar-refractivity contribution is 5.64. The van der Waals surface area contributed by atoms with Gasteiger partial charge >= 0.3 is 6.09 Å². The van der Waals surface area contributed by atoms with E-state index in [1.165, 1.54) is 0 Å². The first kappa shape index (κ1) is 13.3. The minimum atomic E-state index is -0.989. The second-order valence-corrected chi connectivity index (χ2v) is 3.58. The van der Waals surface area contributed by atoms with Gasteiger partial charge in [-0.1, -0.05) is 12.1 Å². The molecule has 0 aliphatic heterocycles. The third kappa shape index (κ3) is 5.77. The minimum absolute atomic E-state index is 0.426. The van der Waals surface area contributed by atoms with E-state index in [1.54, 1.807) is 0 Å². The lowest BCUT2D eigenvalue weighted by Crippen LogP contribution is -2.23. The zero-order valence-electron chi connectivity index (χ0n) is 9.90. The van der Waals surface area contributed by atoms with Gasteiger partial charge < -0.3 is 20.5 Å². The van der Waals surface area contributed by atoms with Crippen LogP contribution in [0.3, 0.4) is 0 Å². The highest BCUT2D eigenvalue weighted by Gasteiger charge is 1.97. The predicted molar refractivity (Wildman–Crippen MR) is 65.6 cm³/mol. The monoisotopic (exact) mass is 238 g/mol. The first-order chi connectivity index (χ1) is 8.22. The van der Waals surface area contributed by atoms with Crippen molar-refractivity contribution < 1.29 is 14.6 Å². The molecule has 0 radical (unpaired) electrons. The van der Waals surface area contributed by atoms with Gasteiger partial charge in [-0.2, -0.15) is 0 Å². The molecule has 0 aliphatic carbocycles. The largest absolute Gasteiger partial charge is 0.492 e. The molecule has 0 spiro atoms. The molecule has 1 aromatic rings. The minimum Gasteiger partial charge on any atom is -0.492 e. The topological polar surface area (TPSA) is 70.6 Å². The van der Waals surface area contributed by atoms with Crippen molar-refractivity contribution in [2.24, 2.45) is 0 Å². The highest BCUT2D eigenvalue weighted by Crippen LogP contribution is 2.12. The summed E-state index contributed by atoms with van der Waals surface area (Å²) < 4.78 is 5.47. The molecule has 0 heterocycles. The molecule has 5 nitrogen and oxygen atoms in total. The third-order valence-corrected chi connectivity index (χ3v) is 2.23. The second-order valence-electron chi connectivity index (χ2n) is 3.58. The maximum Gasteiger partial charge on any atom is 0.404 e. The molecule has 17 heavy (non-hydrogen) atoms. The van der Waals surface area contributed by atoms with Gasteiger partial charge in [0.2, 0.25) is 0 Å². The first-order valence-electron chi connectivity index (χ1n) is 5.55. The van der Waals surface area contributed by atoms with E-state index in [0.717, 1.165) is 17.9 Å². The van der Waals surface area contributed by atoms with Gasteiger partial charge in [-0.25, -0.2) is 4.79 Å². The number of amides is 1. The van der Waals surface area contributed by atoms with E-state index in [2.05, 4.69) is 10.6 Å². The number of benzene rings is 1. The number of hydrogen-bond donors (Lipinski definition) is 3.